The molecule has 23 heavy (non-hydrogen) atoms. The fourth-order valence-electron chi connectivity index (χ4n) is 2.62. The molecule has 2 N–H and O–H groups in total. The Morgan fingerprint density at radius 3 is 2.83 bits per heavy atom. The van der Waals surface area contributed by atoms with E-state index in [4.69, 9.17) is 4.74 Å². The molecule has 1 aliphatic heterocycles. The second-order valence-corrected chi connectivity index (χ2v) is 5.83. The van der Waals surface area contributed by atoms with E-state index in [1.165, 1.54) is 5.56 Å². The molecule has 2 rings (SSSR count). The number of amides is 3. The summed E-state index contributed by atoms with van der Waals surface area (Å²) in [5, 5.41) is 5.42. The lowest BCUT2D eigenvalue weighted by atomic mass is 10.1. The summed E-state index contributed by atoms with van der Waals surface area (Å²) in [5.74, 6) is 0.986. The van der Waals surface area contributed by atoms with E-state index in [9.17, 15) is 9.59 Å². The molecule has 1 heterocycles. The van der Waals surface area contributed by atoms with Gasteiger partial charge in [-0.1, -0.05) is 17.7 Å². The average Bonchev–Trinajstić information content (AvgIpc) is 2.91. The normalized spacial score (nSPS) is 14.0. The zero-order valence-electron chi connectivity index (χ0n) is 13.9. The van der Waals surface area contributed by atoms with Gasteiger partial charge in [-0.15, -0.1) is 0 Å². The van der Waals surface area contributed by atoms with Crippen molar-refractivity contribution in [3.63, 3.8) is 0 Å². The highest BCUT2D eigenvalue weighted by molar-refractivity contribution is 5.78. The number of urea groups is 1. The molecular formula is C17H25N3O3. The minimum Gasteiger partial charge on any atom is -0.473 e. The van der Waals surface area contributed by atoms with Gasteiger partial charge in [0, 0.05) is 26.1 Å². The molecule has 126 valence electrons. The molecule has 1 saturated heterocycles. The number of aryl methyl sites for hydroxylation is 2. The Kier molecular flexibility index (Phi) is 6.26. The molecule has 1 fully saturated rings. The summed E-state index contributed by atoms with van der Waals surface area (Å²) in [7, 11) is 0. The summed E-state index contributed by atoms with van der Waals surface area (Å²) in [5.41, 5.74) is 2.22. The van der Waals surface area contributed by atoms with Crippen molar-refractivity contribution < 1.29 is 14.3 Å². The van der Waals surface area contributed by atoms with E-state index in [-0.39, 0.29) is 18.7 Å². The highest BCUT2D eigenvalue weighted by Crippen LogP contribution is 2.18. The predicted octanol–water partition coefficient (Wildman–Crippen LogP) is 1.95. The number of hydrogen-bond donors (Lipinski definition) is 2. The SMILES string of the molecule is Cc1ccc(OCNC(=O)NCCCN2CCCC2=O)c(C)c1. The van der Waals surface area contributed by atoms with Crippen LogP contribution >= 0.6 is 0 Å². The molecule has 0 aromatic heterocycles. The maximum Gasteiger partial charge on any atom is 0.317 e. The number of ether oxygens (including phenoxy) is 1. The first-order valence-corrected chi connectivity index (χ1v) is 8.06. The van der Waals surface area contributed by atoms with Crippen LogP contribution in [0.2, 0.25) is 0 Å². The van der Waals surface area contributed by atoms with Gasteiger partial charge in [0.25, 0.3) is 0 Å². The zero-order chi connectivity index (χ0) is 16.7. The first-order valence-electron chi connectivity index (χ1n) is 8.06. The van der Waals surface area contributed by atoms with Crippen molar-refractivity contribution in [2.45, 2.75) is 33.1 Å². The van der Waals surface area contributed by atoms with Crippen molar-refractivity contribution in [1.82, 2.24) is 15.5 Å². The van der Waals surface area contributed by atoms with E-state index in [0.717, 1.165) is 30.7 Å². The summed E-state index contributed by atoms with van der Waals surface area (Å²) in [6.07, 6.45) is 2.36. The van der Waals surface area contributed by atoms with Gasteiger partial charge in [-0.3, -0.25) is 4.79 Å². The van der Waals surface area contributed by atoms with Gasteiger partial charge in [0.2, 0.25) is 5.91 Å². The summed E-state index contributed by atoms with van der Waals surface area (Å²) in [6.45, 7) is 6.21. The highest BCUT2D eigenvalue weighted by Gasteiger charge is 2.18. The van der Waals surface area contributed by atoms with E-state index >= 15 is 0 Å². The van der Waals surface area contributed by atoms with Crippen LogP contribution in [0.3, 0.4) is 0 Å². The van der Waals surface area contributed by atoms with Gasteiger partial charge in [-0.2, -0.15) is 0 Å². The largest absolute Gasteiger partial charge is 0.473 e. The third-order valence-corrected chi connectivity index (χ3v) is 3.85. The van der Waals surface area contributed by atoms with Gasteiger partial charge >= 0.3 is 6.03 Å². The van der Waals surface area contributed by atoms with Gasteiger partial charge in [0.15, 0.2) is 6.73 Å². The molecule has 0 atom stereocenters. The van der Waals surface area contributed by atoms with Crippen molar-refractivity contribution in [2.24, 2.45) is 0 Å². The molecule has 0 bridgehead atoms. The van der Waals surface area contributed by atoms with Crippen molar-refractivity contribution in [3.05, 3.63) is 29.3 Å². The van der Waals surface area contributed by atoms with Gasteiger partial charge in [-0.05, 0) is 38.3 Å². The van der Waals surface area contributed by atoms with Crippen molar-refractivity contribution >= 4 is 11.9 Å². The summed E-state index contributed by atoms with van der Waals surface area (Å²) < 4.78 is 5.54. The van der Waals surface area contributed by atoms with Crippen molar-refractivity contribution in [3.8, 4) is 5.75 Å². The number of likely N-dealkylation sites (tertiary alicyclic amines) is 1. The van der Waals surface area contributed by atoms with Crippen LogP contribution in [0.5, 0.6) is 5.75 Å². The molecule has 3 amide bonds. The van der Waals surface area contributed by atoms with E-state index < -0.39 is 0 Å². The summed E-state index contributed by atoms with van der Waals surface area (Å²) >= 11 is 0. The maximum atomic E-state index is 11.6. The van der Waals surface area contributed by atoms with Crippen LogP contribution in [-0.4, -0.2) is 43.2 Å². The van der Waals surface area contributed by atoms with Crippen LogP contribution in [0.1, 0.15) is 30.4 Å². The number of nitrogens with zero attached hydrogens (tertiary/aromatic N) is 1. The first kappa shape index (κ1) is 17.1. The molecule has 0 unspecified atom stereocenters. The topological polar surface area (TPSA) is 70.7 Å². The van der Waals surface area contributed by atoms with E-state index in [0.29, 0.717) is 19.5 Å². The van der Waals surface area contributed by atoms with E-state index in [1.807, 2.05) is 36.9 Å². The van der Waals surface area contributed by atoms with Crippen LogP contribution < -0.4 is 15.4 Å². The number of carbonyl (C=O) groups excluding carboxylic acids is 2. The number of hydrogen-bond acceptors (Lipinski definition) is 3. The standard InChI is InChI=1S/C17H25N3O3/c1-13-6-7-15(14(2)11-13)23-12-19-17(22)18-8-4-10-20-9-3-5-16(20)21/h6-7,11H,3-5,8-10,12H2,1-2H3,(H2,18,19,22). The predicted molar refractivity (Wildman–Crippen MR) is 88.4 cm³/mol. The Morgan fingerprint density at radius 2 is 2.13 bits per heavy atom. The second-order valence-electron chi connectivity index (χ2n) is 5.83. The Morgan fingerprint density at radius 1 is 1.30 bits per heavy atom. The molecule has 1 aromatic carbocycles. The minimum atomic E-state index is -0.262. The third-order valence-electron chi connectivity index (χ3n) is 3.85. The quantitative estimate of drug-likeness (QED) is 0.596. The smallest absolute Gasteiger partial charge is 0.317 e. The third kappa shape index (κ3) is 5.47. The van der Waals surface area contributed by atoms with Crippen molar-refractivity contribution in [2.75, 3.05) is 26.4 Å². The van der Waals surface area contributed by atoms with Crippen LogP contribution in [0.15, 0.2) is 18.2 Å². The molecule has 6 nitrogen and oxygen atoms in total. The summed E-state index contributed by atoms with van der Waals surface area (Å²) in [6, 6.07) is 5.65. The molecule has 6 heteroatoms. The molecule has 0 radical (unpaired) electrons. The first-order chi connectivity index (χ1) is 11.1. The lowest BCUT2D eigenvalue weighted by molar-refractivity contribution is -0.127. The molecule has 1 aromatic rings. The van der Waals surface area contributed by atoms with Crippen LogP contribution in [-0.2, 0) is 4.79 Å². The van der Waals surface area contributed by atoms with Crippen LogP contribution in [0.4, 0.5) is 4.79 Å². The van der Waals surface area contributed by atoms with Gasteiger partial charge in [0.1, 0.15) is 5.75 Å². The minimum absolute atomic E-state index is 0.125. The second kappa shape index (κ2) is 8.41. The molecule has 0 spiro atoms. The molecular weight excluding hydrogens is 294 g/mol. The Bertz CT molecular complexity index is 560. The van der Waals surface area contributed by atoms with E-state index in [2.05, 4.69) is 10.6 Å². The number of carbonyl (C=O) groups is 2. The Balaban J connectivity index is 1.57. The van der Waals surface area contributed by atoms with Crippen molar-refractivity contribution in [1.29, 1.82) is 0 Å². The average molecular weight is 319 g/mol. The Hall–Kier alpha value is -2.24. The van der Waals surface area contributed by atoms with Crippen LogP contribution in [0, 0.1) is 13.8 Å². The van der Waals surface area contributed by atoms with E-state index in [1.54, 1.807) is 0 Å². The lowest BCUT2D eigenvalue weighted by Gasteiger charge is -2.15. The van der Waals surface area contributed by atoms with Gasteiger partial charge < -0.3 is 20.3 Å². The highest BCUT2D eigenvalue weighted by atomic mass is 16.5. The zero-order valence-corrected chi connectivity index (χ0v) is 13.9. The monoisotopic (exact) mass is 319 g/mol. The van der Waals surface area contributed by atoms with Gasteiger partial charge in [-0.25, -0.2) is 4.79 Å². The fourth-order valence-corrected chi connectivity index (χ4v) is 2.62. The lowest BCUT2D eigenvalue weighted by Crippen LogP contribution is -2.39. The number of benzene rings is 1. The number of rotatable bonds is 7. The molecule has 0 aliphatic carbocycles. The number of nitrogens with one attached hydrogen (secondary N) is 2. The van der Waals surface area contributed by atoms with Gasteiger partial charge in [0.05, 0.1) is 0 Å². The Labute approximate surface area is 137 Å². The molecule has 1 aliphatic rings. The fraction of sp³-hybridized carbons (Fsp3) is 0.529. The maximum absolute atomic E-state index is 11.6. The summed E-state index contributed by atoms with van der Waals surface area (Å²) in [4.78, 5) is 24.9. The van der Waals surface area contributed by atoms with Crippen LogP contribution in [0.25, 0.3) is 0 Å². The molecule has 0 saturated carbocycles.